The first-order valence-corrected chi connectivity index (χ1v) is 7.26. The first kappa shape index (κ1) is 13.6. The maximum atomic E-state index is 12.2. The van der Waals surface area contributed by atoms with Gasteiger partial charge in [0.2, 0.25) is 0 Å². The summed E-state index contributed by atoms with van der Waals surface area (Å²) in [6.07, 6.45) is 3.07. The Bertz CT molecular complexity index is 704. The Balaban J connectivity index is 1.82. The molecule has 21 heavy (non-hydrogen) atoms. The van der Waals surface area contributed by atoms with Crippen molar-refractivity contribution < 1.29 is 4.79 Å². The second-order valence-electron chi connectivity index (χ2n) is 5.33. The summed E-state index contributed by atoms with van der Waals surface area (Å²) in [5.74, 6) is -0.149. The van der Waals surface area contributed by atoms with Gasteiger partial charge in [0.15, 0.2) is 0 Å². The first-order chi connectivity index (χ1) is 10.3. The molecular formula is C18H18N2O. The number of hydrogen-bond acceptors (Lipinski definition) is 2. The number of rotatable bonds is 2. The third kappa shape index (κ3) is 2.87. The minimum Gasteiger partial charge on any atom is -0.267 e. The number of nitrogens with one attached hydrogen (secondary N) is 1. The van der Waals surface area contributed by atoms with Crippen LogP contribution in [0, 0.1) is 6.92 Å². The fraction of sp³-hybridized carbons (Fsp3) is 0.222. The van der Waals surface area contributed by atoms with E-state index in [0.29, 0.717) is 5.56 Å². The number of fused-ring (bicyclic) bond motifs is 1. The summed E-state index contributed by atoms with van der Waals surface area (Å²) >= 11 is 0. The molecule has 0 aliphatic heterocycles. The molecule has 1 amide bonds. The van der Waals surface area contributed by atoms with Gasteiger partial charge in [-0.2, -0.15) is 5.10 Å². The lowest BCUT2D eigenvalue weighted by atomic mass is 9.90. The van der Waals surface area contributed by atoms with Crippen molar-refractivity contribution >= 4 is 11.6 Å². The summed E-state index contributed by atoms with van der Waals surface area (Å²) in [6.45, 7) is 1.93. The van der Waals surface area contributed by atoms with Crippen molar-refractivity contribution in [3.63, 3.8) is 0 Å². The third-order valence-electron chi connectivity index (χ3n) is 3.87. The van der Waals surface area contributed by atoms with E-state index in [4.69, 9.17) is 0 Å². The van der Waals surface area contributed by atoms with Gasteiger partial charge in [-0.15, -0.1) is 0 Å². The predicted molar refractivity (Wildman–Crippen MR) is 84.6 cm³/mol. The van der Waals surface area contributed by atoms with E-state index in [1.54, 1.807) is 0 Å². The highest BCUT2D eigenvalue weighted by molar-refractivity contribution is 6.04. The van der Waals surface area contributed by atoms with Crippen LogP contribution in [0.4, 0.5) is 0 Å². The molecule has 106 valence electrons. The number of hydrogen-bond donors (Lipinski definition) is 1. The van der Waals surface area contributed by atoms with Gasteiger partial charge in [0.05, 0.1) is 5.71 Å². The van der Waals surface area contributed by atoms with E-state index < -0.39 is 0 Å². The second-order valence-corrected chi connectivity index (χ2v) is 5.33. The summed E-state index contributed by atoms with van der Waals surface area (Å²) in [5.41, 5.74) is 7.77. The third-order valence-corrected chi connectivity index (χ3v) is 3.87. The molecule has 1 N–H and O–H groups in total. The molecule has 3 nitrogen and oxygen atoms in total. The second kappa shape index (κ2) is 5.92. The van der Waals surface area contributed by atoms with Crippen molar-refractivity contribution in [2.45, 2.75) is 26.2 Å². The number of hydrazone groups is 1. The lowest BCUT2D eigenvalue weighted by Gasteiger charge is -2.17. The molecular weight excluding hydrogens is 260 g/mol. The van der Waals surface area contributed by atoms with Crippen molar-refractivity contribution in [1.82, 2.24) is 5.43 Å². The topological polar surface area (TPSA) is 41.5 Å². The molecule has 2 aromatic rings. The number of amides is 1. The van der Waals surface area contributed by atoms with Crippen LogP contribution in [0.2, 0.25) is 0 Å². The molecule has 0 fully saturated rings. The smallest absolute Gasteiger partial charge is 0.267 e. The van der Waals surface area contributed by atoms with Gasteiger partial charge in [0, 0.05) is 11.1 Å². The zero-order chi connectivity index (χ0) is 14.7. The predicted octanol–water partition coefficient (Wildman–Crippen LogP) is 3.47. The monoisotopic (exact) mass is 278 g/mol. The number of benzene rings is 2. The fourth-order valence-electron chi connectivity index (χ4n) is 2.72. The minimum absolute atomic E-state index is 0.149. The summed E-state index contributed by atoms with van der Waals surface area (Å²) in [4.78, 5) is 12.2. The average Bonchev–Trinajstić information content (AvgIpc) is 2.53. The molecule has 0 atom stereocenters. The Hall–Kier alpha value is -2.42. The van der Waals surface area contributed by atoms with Gasteiger partial charge in [-0.3, -0.25) is 4.79 Å². The van der Waals surface area contributed by atoms with Gasteiger partial charge in [-0.05, 0) is 43.4 Å². The van der Waals surface area contributed by atoms with Crippen molar-refractivity contribution in [3.05, 3.63) is 70.8 Å². The van der Waals surface area contributed by atoms with Gasteiger partial charge in [0.1, 0.15) is 0 Å². The van der Waals surface area contributed by atoms with Crippen LogP contribution in [0.15, 0.2) is 53.6 Å². The van der Waals surface area contributed by atoms with Gasteiger partial charge >= 0.3 is 0 Å². The van der Waals surface area contributed by atoms with E-state index in [1.807, 2.05) is 43.3 Å². The van der Waals surface area contributed by atoms with Crippen LogP contribution in [-0.4, -0.2) is 11.6 Å². The van der Waals surface area contributed by atoms with Crippen molar-refractivity contribution in [2.24, 2.45) is 5.10 Å². The van der Waals surface area contributed by atoms with Crippen LogP contribution < -0.4 is 5.43 Å². The lowest BCUT2D eigenvalue weighted by Crippen LogP contribution is -2.22. The van der Waals surface area contributed by atoms with Crippen LogP contribution in [0.25, 0.3) is 0 Å². The summed E-state index contributed by atoms with van der Waals surface area (Å²) in [7, 11) is 0. The molecule has 2 aromatic carbocycles. The van der Waals surface area contributed by atoms with Crippen LogP contribution in [0.5, 0.6) is 0 Å². The van der Waals surface area contributed by atoms with E-state index in [2.05, 4.69) is 22.7 Å². The molecule has 0 heterocycles. The summed E-state index contributed by atoms with van der Waals surface area (Å²) < 4.78 is 0. The van der Waals surface area contributed by atoms with E-state index in [-0.39, 0.29) is 5.91 Å². The Kier molecular flexibility index (Phi) is 3.82. The molecule has 0 aromatic heterocycles. The van der Waals surface area contributed by atoms with E-state index >= 15 is 0 Å². The number of carbonyl (C=O) groups excluding carboxylic acids is 1. The highest BCUT2D eigenvalue weighted by Crippen LogP contribution is 2.21. The summed E-state index contributed by atoms with van der Waals surface area (Å²) in [5, 5.41) is 4.36. The number of aryl methyl sites for hydroxylation is 2. The van der Waals surface area contributed by atoms with Crippen LogP contribution in [0.1, 0.15) is 39.9 Å². The Labute approximate surface area is 124 Å². The molecule has 1 aliphatic rings. The quantitative estimate of drug-likeness (QED) is 0.840. The van der Waals surface area contributed by atoms with Gasteiger partial charge in [-0.25, -0.2) is 5.43 Å². The van der Waals surface area contributed by atoms with E-state index in [1.165, 1.54) is 5.56 Å². The zero-order valence-electron chi connectivity index (χ0n) is 12.1. The normalized spacial score (nSPS) is 15.6. The fourth-order valence-corrected chi connectivity index (χ4v) is 2.72. The Morgan fingerprint density at radius 2 is 1.81 bits per heavy atom. The van der Waals surface area contributed by atoms with Crippen molar-refractivity contribution in [3.8, 4) is 0 Å². The minimum atomic E-state index is -0.149. The number of nitrogens with zero attached hydrogens (tertiary/aromatic N) is 1. The van der Waals surface area contributed by atoms with Crippen LogP contribution >= 0.6 is 0 Å². The Morgan fingerprint density at radius 3 is 2.67 bits per heavy atom. The van der Waals surface area contributed by atoms with Crippen molar-refractivity contribution in [2.75, 3.05) is 0 Å². The maximum absolute atomic E-state index is 12.2. The molecule has 0 saturated heterocycles. The average molecular weight is 278 g/mol. The van der Waals surface area contributed by atoms with Crippen LogP contribution in [-0.2, 0) is 6.42 Å². The van der Waals surface area contributed by atoms with Gasteiger partial charge in [0.25, 0.3) is 5.91 Å². The molecule has 3 rings (SSSR count). The SMILES string of the molecule is Cc1ccccc1C(=O)N/N=C1\CCCc2ccccc21. The molecule has 0 unspecified atom stereocenters. The maximum Gasteiger partial charge on any atom is 0.271 e. The van der Waals surface area contributed by atoms with Gasteiger partial charge in [-0.1, -0.05) is 42.5 Å². The molecule has 1 aliphatic carbocycles. The van der Waals surface area contributed by atoms with Gasteiger partial charge < -0.3 is 0 Å². The molecule has 3 heteroatoms. The molecule has 0 spiro atoms. The Morgan fingerprint density at radius 1 is 1.05 bits per heavy atom. The highest BCUT2D eigenvalue weighted by atomic mass is 16.2. The van der Waals surface area contributed by atoms with E-state index in [9.17, 15) is 4.79 Å². The number of carbonyl (C=O) groups is 1. The largest absolute Gasteiger partial charge is 0.271 e. The highest BCUT2D eigenvalue weighted by Gasteiger charge is 2.15. The zero-order valence-corrected chi connectivity index (χ0v) is 12.1. The molecule has 0 bridgehead atoms. The molecule has 0 radical (unpaired) electrons. The standard InChI is InChI=1S/C18H18N2O/c1-13-7-2-4-10-15(13)18(21)20-19-17-12-6-9-14-8-3-5-11-16(14)17/h2-5,7-8,10-11H,6,9,12H2,1H3,(H,20,21)/b19-17+. The molecule has 0 saturated carbocycles. The van der Waals surface area contributed by atoms with E-state index in [0.717, 1.165) is 36.1 Å². The van der Waals surface area contributed by atoms with Crippen LogP contribution in [0.3, 0.4) is 0 Å². The first-order valence-electron chi connectivity index (χ1n) is 7.26. The lowest BCUT2D eigenvalue weighted by molar-refractivity contribution is 0.0954. The van der Waals surface area contributed by atoms with Crippen molar-refractivity contribution in [1.29, 1.82) is 0 Å². The summed E-state index contributed by atoms with van der Waals surface area (Å²) in [6, 6.07) is 15.8.